The van der Waals surface area contributed by atoms with Gasteiger partial charge in [-0.25, -0.2) is 4.98 Å². The van der Waals surface area contributed by atoms with Crippen molar-refractivity contribution in [3.8, 4) is 0 Å². The van der Waals surface area contributed by atoms with Gasteiger partial charge in [0.2, 0.25) is 0 Å². The maximum Gasteiger partial charge on any atom is 0.129 e. The third-order valence-electron chi connectivity index (χ3n) is 3.89. The largest absolute Gasteiger partial charge is 0.352 e. The Morgan fingerprint density at radius 2 is 2.44 bits per heavy atom. The van der Waals surface area contributed by atoms with Crippen LogP contribution >= 0.6 is 0 Å². The normalized spacial score (nSPS) is 28.4. The lowest BCUT2D eigenvalue weighted by Gasteiger charge is -2.24. The van der Waals surface area contributed by atoms with E-state index in [1.807, 2.05) is 0 Å². The highest BCUT2D eigenvalue weighted by atomic mass is 15.3. The van der Waals surface area contributed by atoms with E-state index in [-0.39, 0.29) is 1.43 Å². The molecular formula is C13H21N3. The van der Waals surface area contributed by atoms with Gasteiger partial charge in [-0.1, -0.05) is 13.0 Å². The van der Waals surface area contributed by atoms with Gasteiger partial charge < -0.3 is 10.2 Å². The minimum absolute atomic E-state index is 0. The summed E-state index contributed by atoms with van der Waals surface area (Å²) in [5, 5.41) is 3.48. The quantitative estimate of drug-likeness (QED) is 0.820. The van der Waals surface area contributed by atoms with Crippen molar-refractivity contribution in [3.05, 3.63) is 23.9 Å². The summed E-state index contributed by atoms with van der Waals surface area (Å²) in [7, 11) is 0. The lowest BCUT2D eigenvalue weighted by molar-refractivity contribution is 0.577. The van der Waals surface area contributed by atoms with Crippen LogP contribution in [-0.4, -0.2) is 30.7 Å². The minimum atomic E-state index is 0. The number of hydrogen-bond acceptors (Lipinski definition) is 3. The highest BCUT2D eigenvalue weighted by molar-refractivity contribution is 5.43. The molecule has 2 aliphatic heterocycles. The molecule has 0 unspecified atom stereocenters. The summed E-state index contributed by atoms with van der Waals surface area (Å²) in [6.07, 6.45) is 2.34. The molecule has 0 bridgehead atoms. The van der Waals surface area contributed by atoms with E-state index in [0.717, 1.165) is 18.9 Å². The van der Waals surface area contributed by atoms with Gasteiger partial charge in [-0.3, -0.25) is 0 Å². The highest BCUT2D eigenvalue weighted by Gasteiger charge is 2.37. The zero-order chi connectivity index (χ0) is 11.0. The van der Waals surface area contributed by atoms with Crippen LogP contribution < -0.4 is 10.2 Å². The van der Waals surface area contributed by atoms with E-state index < -0.39 is 0 Å². The Bertz CT molecular complexity index is 383. The molecule has 0 aromatic carbocycles. The molecule has 3 heterocycles. The van der Waals surface area contributed by atoms with Gasteiger partial charge in [-0.2, -0.15) is 0 Å². The summed E-state index contributed by atoms with van der Waals surface area (Å²) in [5.41, 5.74) is 1.20. The van der Waals surface area contributed by atoms with Crippen LogP contribution in [0.1, 0.15) is 20.5 Å². The van der Waals surface area contributed by atoms with Gasteiger partial charge in [0.1, 0.15) is 5.82 Å². The smallest absolute Gasteiger partial charge is 0.129 e. The average molecular weight is 219 g/mol. The van der Waals surface area contributed by atoms with Crippen LogP contribution in [0.3, 0.4) is 0 Å². The van der Waals surface area contributed by atoms with Crippen LogP contribution in [0.25, 0.3) is 0 Å². The molecule has 0 amide bonds. The molecule has 2 saturated heterocycles. The predicted octanol–water partition coefficient (Wildman–Crippen LogP) is 1.69. The van der Waals surface area contributed by atoms with Gasteiger partial charge in [0, 0.05) is 32.8 Å². The van der Waals surface area contributed by atoms with Crippen LogP contribution in [-0.2, 0) is 6.42 Å². The number of aryl methyl sites for hydroxylation is 1. The highest BCUT2D eigenvalue weighted by Crippen LogP contribution is 2.30. The van der Waals surface area contributed by atoms with Gasteiger partial charge in [0.15, 0.2) is 0 Å². The summed E-state index contributed by atoms with van der Waals surface area (Å²) in [6, 6.07) is 7.08. The molecule has 1 aromatic heterocycles. The molecule has 0 radical (unpaired) electrons. The van der Waals surface area contributed by atoms with Crippen molar-refractivity contribution in [3.63, 3.8) is 0 Å². The summed E-state index contributed by atoms with van der Waals surface area (Å²) in [4.78, 5) is 7.22. The maximum atomic E-state index is 4.73. The van der Waals surface area contributed by atoms with E-state index in [0.29, 0.717) is 6.04 Å². The molecule has 1 aromatic rings. The van der Waals surface area contributed by atoms with Crippen molar-refractivity contribution in [1.29, 1.82) is 0 Å². The second kappa shape index (κ2) is 4.06. The summed E-state index contributed by atoms with van der Waals surface area (Å²) < 4.78 is 0. The Morgan fingerprint density at radius 3 is 3.31 bits per heavy atom. The van der Waals surface area contributed by atoms with Crippen molar-refractivity contribution in [1.82, 2.24) is 10.3 Å². The van der Waals surface area contributed by atoms with Crippen molar-refractivity contribution in [2.24, 2.45) is 5.92 Å². The Labute approximate surface area is 98.4 Å². The van der Waals surface area contributed by atoms with Crippen molar-refractivity contribution < 1.29 is 1.43 Å². The third kappa shape index (κ3) is 1.59. The first-order valence-electron chi connectivity index (χ1n) is 6.32. The van der Waals surface area contributed by atoms with Crippen LogP contribution in [0.15, 0.2) is 18.2 Å². The van der Waals surface area contributed by atoms with Gasteiger partial charge in [-0.15, -0.1) is 0 Å². The molecule has 88 valence electrons. The first-order valence-corrected chi connectivity index (χ1v) is 6.32. The van der Waals surface area contributed by atoms with E-state index in [9.17, 15) is 0 Å². The van der Waals surface area contributed by atoms with E-state index in [1.54, 1.807) is 0 Å². The fourth-order valence-corrected chi connectivity index (χ4v) is 2.96. The van der Waals surface area contributed by atoms with Gasteiger partial charge >= 0.3 is 0 Å². The number of nitrogens with one attached hydrogen (secondary N) is 1. The molecule has 0 spiro atoms. The Hall–Kier alpha value is -1.09. The number of nitrogens with zero attached hydrogens (tertiary/aromatic N) is 2. The summed E-state index contributed by atoms with van der Waals surface area (Å²) in [5.74, 6) is 2.02. The fourth-order valence-electron chi connectivity index (χ4n) is 2.96. The van der Waals surface area contributed by atoms with Crippen molar-refractivity contribution in [2.75, 3.05) is 24.5 Å². The standard InChI is InChI=1S/C13H19N3.H2/c1-2-11-4-3-5-13(15-11)16-7-6-10-8-14-9-12(10)16;/h3-5,10,12,14H,2,6-9H2,1H3;1H/t10-,12+;/m1./s1. The van der Waals surface area contributed by atoms with E-state index in [2.05, 4.69) is 35.3 Å². The van der Waals surface area contributed by atoms with Crippen molar-refractivity contribution in [2.45, 2.75) is 25.8 Å². The Morgan fingerprint density at radius 1 is 1.50 bits per heavy atom. The molecule has 3 heteroatoms. The monoisotopic (exact) mass is 219 g/mol. The van der Waals surface area contributed by atoms with E-state index in [4.69, 9.17) is 4.98 Å². The number of aromatic nitrogens is 1. The number of fused-ring (bicyclic) bond motifs is 1. The summed E-state index contributed by atoms with van der Waals surface area (Å²) >= 11 is 0. The first kappa shape index (κ1) is 10.1. The lowest BCUT2D eigenvalue weighted by Crippen LogP contribution is -2.34. The first-order chi connectivity index (χ1) is 7.88. The second-order valence-electron chi connectivity index (χ2n) is 4.81. The molecule has 2 atom stereocenters. The molecule has 3 nitrogen and oxygen atoms in total. The third-order valence-corrected chi connectivity index (χ3v) is 3.89. The topological polar surface area (TPSA) is 28.2 Å². The van der Waals surface area contributed by atoms with E-state index >= 15 is 0 Å². The zero-order valence-corrected chi connectivity index (χ0v) is 9.82. The van der Waals surface area contributed by atoms with Gasteiger partial charge in [0.25, 0.3) is 0 Å². The Kier molecular flexibility index (Phi) is 2.56. The molecule has 2 aliphatic rings. The number of rotatable bonds is 2. The zero-order valence-electron chi connectivity index (χ0n) is 9.82. The van der Waals surface area contributed by atoms with Crippen LogP contribution in [0.4, 0.5) is 5.82 Å². The molecule has 2 fully saturated rings. The maximum absolute atomic E-state index is 4.73. The van der Waals surface area contributed by atoms with Crippen LogP contribution in [0.2, 0.25) is 0 Å². The van der Waals surface area contributed by atoms with Gasteiger partial charge in [0.05, 0.1) is 0 Å². The molecule has 16 heavy (non-hydrogen) atoms. The average Bonchev–Trinajstić information content (AvgIpc) is 2.90. The molecule has 3 rings (SSSR count). The molecule has 0 aliphatic carbocycles. The number of hydrogen-bond donors (Lipinski definition) is 1. The molecule has 0 saturated carbocycles. The fraction of sp³-hybridized carbons (Fsp3) is 0.615. The Balaban J connectivity index is 0.00000108. The SMILES string of the molecule is CCc1cccc(N2CC[C@@H]3CNC[C@@H]32)n1.[HH]. The predicted molar refractivity (Wildman–Crippen MR) is 67.8 cm³/mol. The second-order valence-corrected chi connectivity index (χ2v) is 4.81. The van der Waals surface area contributed by atoms with Gasteiger partial charge in [-0.05, 0) is 30.9 Å². The molecular weight excluding hydrogens is 198 g/mol. The minimum Gasteiger partial charge on any atom is -0.352 e. The summed E-state index contributed by atoms with van der Waals surface area (Å²) in [6.45, 7) is 5.66. The number of anilines is 1. The number of pyridine rings is 1. The van der Waals surface area contributed by atoms with Crippen LogP contribution in [0.5, 0.6) is 0 Å². The van der Waals surface area contributed by atoms with Crippen molar-refractivity contribution >= 4 is 5.82 Å². The lowest BCUT2D eigenvalue weighted by atomic mass is 10.1. The van der Waals surface area contributed by atoms with E-state index in [1.165, 1.54) is 31.0 Å². The molecule has 1 N–H and O–H groups in total. The van der Waals surface area contributed by atoms with Crippen LogP contribution in [0, 0.1) is 5.92 Å².